The van der Waals surface area contributed by atoms with E-state index in [-0.39, 0.29) is 28.4 Å². The SMILES string of the molecule is COc1ccc(CCN2C(=O)c3oc4ccc(Cl)cc4c(=O)c3[C@@H]2c2ccc(O)cc2)cc1OC. The molecule has 1 aromatic heterocycles. The lowest BCUT2D eigenvalue weighted by Gasteiger charge is -2.25. The van der Waals surface area contributed by atoms with Crippen molar-refractivity contribution in [2.24, 2.45) is 0 Å². The smallest absolute Gasteiger partial charge is 0.290 e. The van der Waals surface area contributed by atoms with Crippen LogP contribution in [0, 0.1) is 0 Å². The summed E-state index contributed by atoms with van der Waals surface area (Å²) in [6.07, 6.45) is 0.508. The van der Waals surface area contributed by atoms with Gasteiger partial charge in [-0.15, -0.1) is 0 Å². The Bertz CT molecular complexity index is 1490. The van der Waals surface area contributed by atoms with Gasteiger partial charge in [-0.2, -0.15) is 0 Å². The van der Waals surface area contributed by atoms with E-state index < -0.39 is 6.04 Å². The lowest BCUT2D eigenvalue weighted by atomic mass is 9.98. The Morgan fingerprint density at radius 2 is 1.71 bits per heavy atom. The summed E-state index contributed by atoms with van der Waals surface area (Å²) in [7, 11) is 3.14. The molecule has 5 rings (SSSR count). The molecule has 0 radical (unpaired) electrons. The Morgan fingerprint density at radius 1 is 0.971 bits per heavy atom. The van der Waals surface area contributed by atoms with Gasteiger partial charge in [0.2, 0.25) is 5.76 Å². The van der Waals surface area contributed by atoms with Crippen LogP contribution < -0.4 is 14.9 Å². The summed E-state index contributed by atoms with van der Waals surface area (Å²) in [5.41, 5.74) is 1.90. The monoisotopic (exact) mass is 491 g/mol. The van der Waals surface area contributed by atoms with Crippen molar-refractivity contribution in [3.63, 3.8) is 0 Å². The van der Waals surface area contributed by atoms with Gasteiger partial charge in [0.1, 0.15) is 11.3 Å². The van der Waals surface area contributed by atoms with Gasteiger partial charge >= 0.3 is 0 Å². The number of methoxy groups -OCH3 is 2. The number of benzene rings is 3. The fraction of sp³-hybridized carbons (Fsp3) is 0.185. The van der Waals surface area contributed by atoms with E-state index in [4.69, 9.17) is 25.5 Å². The van der Waals surface area contributed by atoms with E-state index in [0.717, 1.165) is 5.56 Å². The van der Waals surface area contributed by atoms with Gasteiger partial charge in [-0.3, -0.25) is 9.59 Å². The Balaban J connectivity index is 1.58. The van der Waals surface area contributed by atoms with E-state index in [1.165, 1.54) is 12.1 Å². The van der Waals surface area contributed by atoms with E-state index in [2.05, 4.69) is 0 Å². The molecule has 8 heteroatoms. The van der Waals surface area contributed by atoms with Gasteiger partial charge in [0, 0.05) is 11.6 Å². The highest BCUT2D eigenvalue weighted by Gasteiger charge is 2.42. The number of hydrogen-bond acceptors (Lipinski definition) is 6. The van der Waals surface area contributed by atoms with E-state index in [0.29, 0.717) is 46.0 Å². The highest BCUT2D eigenvalue weighted by atomic mass is 35.5. The maximum atomic E-state index is 13.6. The number of carbonyl (C=O) groups is 1. The van der Waals surface area contributed by atoms with Gasteiger partial charge in [-0.05, 0) is 60.0 Å². The Kier molecular flexibility index (Phi) is 5.86. The Hall–Kier alpha value is -3.97. The van der Waals surface area contributed by atoms with Gasteiger partial charge in [0.05, 0.1) is 31.2 Å². The van der Waals surface area contributed by atoms with Crippen LogP contribution in [0.4, 0.5) is 0 Å². The van der Waals surface area contributed by atoms with Gasteiger partial charge in [0.25, 0.3) is 5.91 Å². The van der Waals surface area contributed by atoms with Crippen LogP contribution in [0.3, 0.4) is 0 Å². The van der Waals surface area contributed by atoms with Crippen molar-refractivity contribution >= 4 is 28.5 Å². The van der Waals surface area contributed by atoms with Crippen molar-refractivity contribution in [1.29, 1.82) is 0 Å². The van der Waals surface area contributed by atoms with Crippen LogP contribution in [0.25, 0.3) is 11.0 Å². The molecule has 1 aliphatic rings. The molecular formula is C27H22ClNO6. The third-order valence-corrected chi connectivity index (χ3v) is 6.46. The summed E-state index contributed by atoms with van der Waals surface area (Å²) in [4.78, 5) is 28.7. The number of hydrogen-bond donors (Lipinski definition) is 1. The molecule has 1 amide bonds. The zero-order valence-electron chi connectivity index (χ0n) is 19.1. The number of ether oxygens (including phenoxy) is 2. The minimum atomic E-state index is -0.669. The van der Waals surface area contributed by atoms with Crippen LogP contribution in [-0.4, -0.2) is 36.7 Å². The molecule has 0 unspecified atom stereocenters. The third-order valence-electron chi connectivity index (χ3n) is 6.23. The summed E-state index contributed by atoms with van der Waals surface area (Å²) in [6.45, 7) is 0.320. The summed E-state index contributed by atoms with van der Waals surface area (Å²) in [5.74, 6) is 0.953. The average Bonchev–Trinajstić information content (AvgIpc) is 3.15. The number of phenols is 1. The van der Waals surface area contributed by atoms with Crippen molar-refractivity contribution < 1.29 is 23.8 Å². The van der Waals surface area contributed by atoms with E-state index >= 15 is 0 Å². The number of carbonyl (C=O) groups excluding carboxylic acids is 1. The second-order valence-corrected chi connectivity index (χ2v) is 8.68. The van der Waals surface area contributed by atoms with Crippen LogP contribution in [-0.2, 0) is 6.42 Å². The molecule has 0 saturated carbocycles. The fourth-order valence-electron chi connectivity index (χ4n) is 4.51. The maximum Gasteiger partial charge on any atom is 0.290 e. The van der Waals surface area contributed by atoms with Gasteiger partial charge in [-0.25, -0.2) is 0 Å². The molecule has 7 nitrogen and oxygen atoms in total. The largest absolute Gasteiger partial charge is 0.508 e. The van der Waals surface area contributed by atoms with E-state index in [1.807, 2.05) is 18.2 Å². The first-order valence-corrected chi connectivity index (χ1v) is 11.4. The molecule has 178 valence electrons. The lowest BCUT2D eigenvalue weighted by Crippen LogP contribution is -2.31. The molecule has 1 N–H and O–H groups in total. The molecule has 2 heterocycles. The quantitative estimate of drug-likeness (QED) is 0.410. The first kappa shape index (κ1) is 22.8. The zero-order chi connectivity index (χ0) is 24.7. The third kappa shape index (κ3) is 3.98. The first-order chi connectivity index (χ1) is 16.9. The van der Waals surface area contributed by atoms with Crippen molar-refractivity contribution in [2.75, 3.05) is 20.8 Å². The molecule has 0 bridgehead atoms. The fourth-order valence-corrected chi connectivity index (χ4v) is 4.68. The molecule has 1 atom stereocenters. The molecule has 0 saturated heterocycles. The number of halogens is 1. The lowest BCUT2D eigenvalue weighted by molar-refractivity contribution is 0.0730. The molecule has 1 aliphatic heterocycles. The standard InChI is InChI=1S/C27H22ClNO6/c1-33-21-9-3-15(13-22(21)34-2)11-12-29-24(16-4-7-18(30)8-5-16)23-25(31)19-14-17(28)6-10-20(19)35-26(23)27(29)32/h3-10,13-14,24,30H,11-12H2,1-2H3/t24-/m0/s1. The minimum absolute atomic E-state index is 0.0233. The van der Waals surface area contributed by atoms with Crippen LogP contribution >= 0.6 is 11.6 Å². The molecule has 4 aromatic rings. The van der Waals surface area contributed by atoms with Crippen molar-refractivity contribution in [3.05, 3.63) is 98.4 Å². The highest BCUT2D eigenvalue weighted by Crippen LogP contribution is 2.39. The Labute approximate surface area is 206 Å². The molecule has 0 fully saturated rings. The molecule has 35 heavy (non-hydrogen) atoms. The zero-order valence-corrected chi connectivity index (χ0v) is 19.8. The number of phenolic OH excluding ortho intramolecular Hbond substituents is 1. The van der Waals surface area contributed by atoms with E-state index in [1.54, 1.807) is 49.5 Å². The summed E-state index contributed by atoms with van der Waals surface area (Å²) in [6, 6.07) is 16.1. The van der Waals surface area contributed by atoms with Crippen molar-refractivity contribution in [3.8, 4) is 17.2 Å². The normalized spacial score (nSPS) is 14.9. The topological polar surface area (TPSA) is 89.2 Å². The number of aromatic hydroxyl groups is 1. The molecule has 0 aliphatic carbocycles. The second-order valence-electron chi connectivity index (χ2n) is 8.25. The van der Waals surface area contributed by atoms with E-state index in [9.17, 15) is 14.7 Å². The number of rotatable bonds is 6. The van der Waals surface area contributed by atoms with Crippen molar-refractivity contribution in [1.82, 2.24) is 4.90 Å². The minimum Gasteiger partial charge on any atom is -0.508 e. The van der Waals surface area contributed by atoms with Crippen LogP contribution in [0.15, 0.2) is 69.9 Å². The predicted octanol–water partition coefficient (Wildman–Crippen LogP) is 4.96. The predicted molar refractivity (Wildman–Crippen MR) is 132 cm³/mol. The van der Waals surface area contributed by atoms with Crippen LogP contribution in [0.2, 0.25) is 5.02 Å². The van der Waals surface area contributed by atoms with Crippen molar-refractivity contribution in [2.45, 2.75) is 12.5 Å². The first-order valence-electron chi connectivity index (χ1n) is 11.0. The van der Waals surface area contributed by atoms with Crippen LogP contribution in [0.5, 0.6) is 17.2 Å². The molecule has 0 spiro atoms. The van der Waals surface area contributed by atoms with Gasteiger partial charge in [0.15, 0.2) is 16.9 Å². The average molecular weight is 492 g/mol. The van der Waals surface area contributed by atoms with Gasteiger partial charge in [-0.1, -0.05) is 29.8 Å². The summed E-state index contributed by atoms with van der Waals surface area (Å²) >= 11 is 6.13. The number of fused-ring (bicyclic) bond motifs is 2. The number of nitrogens with zero attached hydrogens (tertiary/aromatic N) is 1. The highest BCUT2D eigenvalue weighted by molar-refractivity contribution is 6.31. The second kappa shape index (κ2) is 9.00. The molecular weight excluding hydrogens is 470 g/mol. The summed E-state index contributed by atoms with van der Waals surface area (Å²) in [5, 5.41) is 10.5. The molecule has 3 aromatic carbocycles. The Morgan fingerprint density at radius 3 is 2.43 bits per heavy atom. The van der Waals surface area contributed by atoms with Crippen LogP contribution in [0.1, 0.15) is 33.3 Å². The number of amides is 1. The maximum absolute atomic E-state index is 13.6. The summed E-state index contributed by atoms with van der Waals surface area (Å²) < 4.78 is 16.6. The van der Waals surface area contributed by atoms with Gasteiger partial charge < -0.3 is 23.9 Å².